The summed E-state index contributed by atoms with van der Waals surface area (Å²) in [5, 5.41) is 14.5. The maximum atomic E-state index is 9.67. The molecular formula is C57H32N4. The molecule has 280 valence electrons. The first-order valence-electron chi connectivity index (χ1n) is 20.4. The molecule has 4 heteroatoms. The Morgan fingerprint density at radius 1 is 0.410 bits per heavy atom. The van der Waals surface area contributed by atoms with Gasteiger partial charge in [-0.25, -0.2) is 4.98 Å². The van der Waals surface area contributed by atoms with Crippen LogP contribution in [0.25, 0.3) is 93.2 Å². The Morgan fingerprint density at radius 3 is 1.41 bits per heavy atom. The molecule has 2 aromatic heterocycles. The lowest BCUT2D eigenvalue weighted by atomic mass is 9.69. The van der Waals surface area contributed by atoms with E-state index >= 15 is 0 Å². The van der Waals surface area contributed by atoms with Crippen LogP contribution >= 0.6 is 0 Å². The van der Waals surface area contributed by atoms with Crippen molar-refractivity contribution in [1.82, 2.24) is 9.97 Å². The summed E-state index contributed by atoms with van der Waals surface area (Å²) < 4.78 is 0. The third-order valence-electron chi connectivity index (χ3n) is 12.8. The summed E-state index contributed by atoms with van der Waals surface area (Å²) in [5.74, 6) is 0.382. The molecule has 8 aromatic carbocycles. The smallest absolute Gasteiger partial charge is 0.270 e. The number of hydrogen-bond donors (Lipinski definition) is 0. The fourth-order valence-corrected chi connectivity index (χ4v) is 10.4. The van der Waals surface area contributed by atoms with Gasteiger partial charge >= 0.3 is 0 Å². The maximum absolute atomic E-state index is 9.67. The number of pyridine rings is 2. The van der Waals surface area contributed by atoms with E-state index in [0.717, 1.165) is 44.5 Å². The van der Waals surface area contributed by atoms with Crippen molar-refractivity contribution in [1.29, 1.82) is 5.26 Å². The van der Waals surface area contributed by atoms with Crippen LogP contribution in [0.3, 0.4) is 0 Å². The molecule has 2 heterocycles. The zero-order chi connectivity index (χ0) is 40.7. The Bertz CT molecular complexity index is 3350. The molecule has 61 heavy (non-hydrogen) atoms. The van der Waals surface area contributed by atoms with E-state index in [4.69, 9.17) is 6.57 Å². The number of benzene rings is 8. The minimum absolute atomic E-state index is 0.382. The van der Waals surface area contributed by atoms with E-state index in [2.05, 4.69) is 179 Å². The minimum Gasteiger partial charge on any atom is -0.361 e. The maximum Gasteiger partial charge on any atom is 0.270 e. The average Bonchev–Trinajstić information content (AvgIpc) is 3.81. The number of fused-ring (bicyclic) bond motifs is 14. The Balaban J connectivity index is 1.20. The predicted octanol–water partition coefficient (Wildman–Crippen LogP) is 14.2. The Labute approximate surface area is 353 Å². The van der Waals surface area contributed by atoms with Gasteiger partial charge in [-0.15, -0.1) is 4.98 Å². The number of aromatic nitrogens is 2. The van der Waals surface area contributed by atoms with E-state index in [9.17, 15) is 5.26 Å². The monoisotopic (exact) mass is 772 g/mol. The number of nitrogens with zero attached hydrogens (tertiary/aromatic N) is 4. The summed E-state index contributed by atoms with van der Waals surface area (Å²) in [6.07, 6.45) is 3.43. The van der Waals surface area contributed by atoms with Gasteiger partial charge in [-0.2, -0.15) is 5.26 Å². The first-order valence-corrected chi connectivity index (χ1v) is 20.4. The fourth-order valence-electron chi connectivity index (χ4n) is 10.4. The van der Waals surface area contributed by atoms with Crippen molar-refractivity contribution in [2.45, 2.75) is 5.41 Å². The van der Waals surface area contributed by atoms with Gasteiger partial charge in [-0.1, -0.05) is 140 Å². The summed E-state index contributed by atoms with van der Waals surface area (Å²) >= 11 is 0. The lowest BCUT2D eigenvalue weighted by Crippen LogP contribution is -2.26. The molecule has 10 aromatic rings. The first kappa shape index (κ1) is 34.6. The van der Waals surface area contributed by atoms with Crippen molar-refractivity contribution in [3.8, 4) is 72.8 Å². The van der Waals surface area contributed by atoms with Gasteiger partial charge in [-0.05, 0) is 159 Å². The molecule has 0 aliphatic heterocycles. The van der Waals surface area contributed by atoms with Crippen LogP contribution in [-0.2, 0) is 5.41 Å². The minimum atomic E-state index is -0.618. The van der Waals surface area contributed by atoms with Crippen molar-refractivity contribution in [3.05, 3.63) is 234 Å². The largest absolute Gasteiger partial charge is 0.361 e. The van der Waals surface area contributed by atoms with Gasteiger partial charge < -0.3 is 4.85 Å². The van der Waals surface area contributed by atoms with E-state index in [0.29, 0.717) is 11.5 Å². The SMILES string of the molecule is [C-]#[N+]c1cc(-c2cccc(-c3cc4c(c5ccccc35)-c3c(cc(-c5cccc(-c6ccnc(C#N)c6)c5)c5ccccc35)C43c4ccccc4-c4ccccc43)c2)ccn1. The summed E-state index contributed by atoms with van der Waals surface area (Å²) in [4.78, 5) is 12.1. The summed E-state index contributed by atoms with van der Waals surface area (Å²) in [7, 11) is 0. The molecule has 2 aliphatic rings. The van der Waals surface area contributed by atoms with Crippen molar-refractivity contribution >= 4 is 27.4 Å². The third kappa shape index (κ3) is 4.97. The molecule has 0 saturated carbocycles. The van der Waals surface area contributed by atoms with E-state index in [1.807, 2.05) is 24.3 Å². The molecule has 0 fully saturated rings. The quantitative estimate of drug-likeness (QED) is 0.167. The fraction of sp³-hybridized carbons (Fsp3) is 0.0175. The molecule has 0 amide bonds. The second kappa shape index (κ2) is 13.3. The van der Waals surface area contributed by atoms with Crippen LogP contribution in [0.1, 0.15) is 27.9 Å². The molecule has 12 rings (SSSR count). The Kier molecular flexibility index (Phi) is 7.54. The van der Waals surface area contributed by atoms with Crippen molar-refractivity contribution < 1.29 is 0 Å². The predicted molar refractivity (Wildman–Crippen MR) is 246 cm³/mol. The van der Waals surface area contributed by atoms with Gasteiger partial charge in [0.05, 0.1) is 5.41 Å². The van der Waals surface area contributed by atoms with E-state index in [1.165, 1.54) is 66.1 Å². The summed E-state index contributed by atoms with van der Waals surface area (Å²) in [6, 6.07) is 68.0. The van der Waals surface area contributed by atoms with Crippen LogP contribution in [0.5, 0.6) is 0 Å². The summed E-state index contributed by atoms with van der Waals surface area (Å²) in [6.45, 7) is 7.60. The van der Waals surface area contributed by atoms with Gasteiger partial charge in [0.2, 0.25) is 0 Å². The van der Waals surface area contributed by atoms with Crippen LogP contribution < -0.4 is 0 Å². The highest BCUT2D eigenvalue weighted by atomic mass is 14.8. The number of hydrogen-bond acceptors (Lipinski definition) is 3. The highest BCUT2D eigenvalue weighted by Gasteiger charge is 2.53. The van der Waals surface area contributed by atoms with Crippen molar-refractivity contribution in [2.24, 2.45) is 0 Å². The van der Waals surface area contributed by atoms with Gasteiger partial charge in [-0.3, -0.25) is 0 Å². The normalized spacial score (nSPS) is 12.7. The first-order chi connectivity index (χ1) is 30.1. The topological polar surface area (TPSA) is 53.9 Å². The molecule has 4 nitrogen and oxygen atoms in total. The van der Waals surface area contributed by atoms with Crippen LogP contribution in [0.15, 0.2) is 194 Å². The Morgan fingerprint density at radius 2 is 0.869 bits per heavy atom. The average molecular weight is 773 g/mol. The van der Waals surface area contributed by atoms with Gasteiger partial charge in [0, 0.05) is 6.20 Å². The third-order valence-corrected chi connectivity index (χ3v) is 12.8. The van der Waals surface area contributed by atoms with Crippen molar-refractivity contribution in [3.63, 3.8) is 0 Å². The zero-order valence-electron chi connectivity index (χ0n) is 32.8. The lowest BCUT2D eigenvalue weighted by Gasteiger charge is -2.31. The lowest BCUT2D eigenvalue weighted by molar-refractivity contribution is 0.795. The number of rotatable bonds is 4. The van der Waals surface area contributed by atoms with Crippen LogP contribution in [0.2, 0.25) is 0 Å². The van der Waals surface area contributed by atoms with Gasteiger partial charge in [0.15, 0.2) is 0 Å². The van der Waals surface area contributed by atoms with Crippen LogP contribution in [0.4, 0.5) is 5.82 Å². The van der Waals surface area contributed by atoms with Crippen molar-refractivity contribution in [2.75, 3.05) is 0 Å². The second-order valence-electron chi connectivity index (χ2n) is 15.8. The molecule has 0 saturated heterocycles. The molecule has 0 N–H and O–H groups in total. The Hall–Kier alpha value is -8.44. The molecular weight excluding hydrogens is 741 g/mol. The second-order valence-corrected chi connectivity index (χ2v) is 15.8. The zero-order valence-corrected chi connectivity index (χ0v) is 32.8. The molecule has 0 unspecified atom stereocenters. The van der Waals surface area contributed by atoms with Gasteiger partial charge in [0.25, 0.3) is 5.82 Å². The standard InChI is InChI=1S/C57H32N4/c1-59-54-31-38(25-27-61-54)36-13-11-15-40(29-36)49-33-53-56(47-21-5-3-17-43(47)49)55-46-20-4-2-16-42(46)48(39-14-10-12-35(28-39)37-24-26-60-41(30-37)34-58)32-52(55)57(53)50-22-8-6-18-44(50)45-19-7-9-23-51(45)57/h2-33H. The molecule has 2 aliphatic carbocycles. The van der Waals surface area contributed by atoms with Crippen LogP contribution in [0, 0.1) is 17.9 Å². The molecule has 0 radical (unpaired) electrons. The molecule has 1 spiro atoms. The molecule has 0 bridgehead atoms. The highest BCUT2D eigenvalue weighted by Crippen LogP contribution is 2.66. The highest BCUT2D eigenvalue weighted by molar-refractivity contribution is 6.18. The van der Waals surface area contributed by atoms with E-state index in [1.54, 1.807) is 12.4 Å². The molecule has 0 atom stereocenters. The van der Waals surface area contributed by atoms with Gasteiger partial charge in [0.1, 0.15) is 18.0 Å². The van der Waals surface area contributed by atoms with E-state index < -0.39 is 5.41 Å². The van der Waals surface area contributed by atoms with E-state index in [-0.39, 0.29) is 0 Å². The number of nitriles is 1. The summed E-state index contributed by atoms with van der Waals surface area (Å²) in [5.41, 5.74) is 18.5. The van der Waals surface area contributed by atoms with Crippen LogP contribution in [-0.4, -0.2) is 9.97 Å².